The van der Waals surface area contributed by atoms with E-state index in [-0.39, 0.29) is 18.6 Å². The molecule has 0 aliphatic heterocycles. The summed E-state index contributed by atoms with van der Waals surface area (Å²) in [6.45, 7) is 5.15. The van der Waals surface area contributed by atoms with Gasteiger partial charge in [-0.1, -0.05) is 20.8 Å². The van der Waals surface area contributed by atoms with Crippen molar-refractivity contribution in [3.05, 3.63) is 0 Å². The van der Waals surface area contributed by atoms with Crippen molar-refractivity contribution >= 4 is 5.78 Å². The Morgan fingerprint density at radius 3 is 1.94 bits per heavy atom. The maximum Gasteiger partial charge on any atom is 0.417 e. The molecule has 1 aliphatic rings. The van der Waals surface area contributed by atoms with Crippen molar-refractivity contribution < 1.29 is 22.7 Å². The molecule has 1 saturated carbocycles. The molecule has 0 unspecified atom stereocenters. The Morgan fingerprint density at radius 2 is 1.69 bits per heavy atom. The Kier molecular flexibility index (Phi) is 3.14. The molecule has 0 bridgehead atoms. The first-order valence-corrected chi connectivity index (χ1v) is 5.20. The predicted octanol–water partition coefficient (Wildman–Crippen LogP) is 2.96. The number of ether oxygens (including phenoxy) is 1. The van der Waals surface area contributed by atoms with Crippen LogP contribution in [0.2, 0.25) is 0 Å². The van der Waals surface area contributed by atoms with Crippen LogP contribution in [0.25, 0.3) is 0 Å². The molecule has 5 heteroatoms. The lowest BCUT2D eigenvalue weighted by molar-refractivity contribution is -0.305. The van der Waals surface area contributed by atoms with E-state index in [9.17, 15) is 18.0 Å². The van der Waals surface area contributed by atoms with Gasteiger partial charge in [0.1, 0.15) is 5.78 Å². The highest BCUT2D eigenvalue weighted by molar-refractivity contribution is 5.87. The first-order valence-electron chi connectivity index (χ1n) is 5.20. The summed E-state index contributed by atoms with van der Waals surface area (Å²) in [7, 11) is 1.05. The molecule has 1 fully saturated rings. The van der Waals surface area contributed by atoms with Gasteiger partial charge in [0, 0.05) is 18.4 Å². The van der Waals surface area contributed by atoms with Gasteiger partial charge in [-0.15, -0.1) is 0 Å². The molecular weight excluding hydrogens is 221 g/mol. The Bertz CT molecular complexity index is 283. The highest BCUT2D eigenvalue weighted by Crippen LogP contribution is 2.52. The summed E-state index contributed by atoms with van der Waals surface area (Å²) in [5.74, 6) is -0.647. The number of methoxy groups -OCH3 is 1. The lowest BCUT2D eigenvalue weighted by Gasteiger charge is -2.47. The summed E-state index contributed by atoms with van der Waals surface area (Å²) in [5, 5.41) is 0. The summed E-state index contributed by atoms with van der Waals surface area (Å²) in [6.07, 6.45) is -4.89. The second kappa shape index (κ2) is 3.72. The van der Waals surface area contributed by atoms with E-state index in [1.54, 1.807) is 20.8 Å². The van der Waals surface area contributed by atoms with Crippen molar-refractivity contribution in [2.24, 2.45) is 11.3 Å². The van der Waals surface area contributed by atoms with Crippen LogP contribution in [0.4, 0.5) is 13.2 Å². The number of Topliss-reactive ketones (excluding diaryl/α,β-unsaturated/α-hetero) is 1. The number of carbonyl (C=O) groups is 1. The first-order chi connectivity index (χ1) is 7.03. The maximum absolute atomic E-state index is 12.7. The summed E-state index contributed by atoms with van der Waals surface area (Å²) in [6, 6.07) is 0. The standard InChI is InChI=1S/C11H17F3O2/c1-9(2,3)8(15)7-5-10(6-7,16-4)11(12,13)14/h7H,5-6H2,1-4H3. The number of rotatable bonds is 2. The molecule has 0 saturated heterocycles. The van der Waals surface area contributed by atoms with Gasteiger partial charge < -0.3 is 4.74 Å². The van der Waals surface area contributed by atoms with E-state index in [0.29, 0.717) is 0 Å². The van der Waals surface area contributed by atoms with E-state index in [4.69, 9.17) is 0 Å². The van der Waals surface area contributed by atoms with Crippen LogP contribution in [-0.2, 0) is 9.53 Å². The van der Waals surface area contributed by atoms with Gasteiger partial charge >= 0.3 is 6.18 Å². The molecule has 16 heavy (non-hydrogen) atoms. The monoisotopic (exact) mass is 238 g/mol. The van der Waals surface area contributed by atoms with Gasteiger partial charge in [0.05, 0.1) is 0 Å². The van der Waals surface area contributed by atoms with Gasteiger partial charge in [-0.25, -0.2) is 0 Å². The minimum Gasteiger partial charge on any atom is -0.369 e. The van der Waals surface area contributed by atoms with E-state index < -0.39 is 23.1 Å². The van der Waals surface area contributed by atoms with Crippen LogP contribution in [0, 0.1) is 11.3 Å². The smallest absolute Gasteiger partial charge is 0.369 e. The van der Waals surface area contributed by atoms with Crippen LogP contribution in [0.15, 0.2) is 0 Å². The molecule has 94 valence electrons. The van der Waals surface area contributed by atoms with Crippen LogP contribution >= 0.6 is 0 Å². The Hall–Kier alpha value is -0.580. The van der Waals surface area contributed by atoms with E-state index in [2.05, 4.69) is 4.74 Å². The maximum atomic E-state index is 12.7. The number of alkyl halides is 3. The van der Waals surface area contributed by atoms with Crippen LogP contribution in [0.5, 0.6) is 0 Å². The average molecular weight is 238 g/mol. The normalized spacial score (nSPS) is 31.1. The van der Waals surface area contributed by atoms with Crippen molar-refractivity contribution in [1.29, 1.82) is 0 Å². The zero-order valence-electron chi connectivity index (χ0n) is 9.94. The number of carbonyl (C=O) groups excluding carboxylic acids is 1. The Morgan fingerprint density at radius 1 is 1.25 bits per heavy atom. The molecule has 0 aromatic carbocycles. The largest absolute Gasteiger partial charge is 0.417 e. The average Bonchev–Trinajstić information content (AvgIpc) is 1.98. The third kappa shape index (κ3) is 2.10. The van der Waals surface area contributed by atoms with Gasteiger partial charge in [0.15, 0.2) is 5.60 Å². The highest BCUT2D eigenvalue weighted by Gasteiger charge is 2.64. The number of ketones is 1. The zero-order chi connectivity index (χ0) is 12.8. The van der Waals surface area contributed by atoms with Gasteiger partial charge in [-0.05, 0) is 12.8 Å². The van der Waals surface area contributed by atoms with Crippen molar-refractivity contribution in [2.45, 2.75) is 45.4 Å². The summed E-state index contributed by atoms with van der Waals surface area (Å²) in [5.41, 5.74) is -2.69. The molecule has 0 heterocycles. The third-order valence-corrected chi connectivity index (χ3v) is 3.17. The minimum atomic E-state index is -4.39. The molecule has 2 nitrogen and oxygen atoms in total. The molecule has 0 aromatic rings. The van der Waals surface area contributed by atoms with Gasteiger partial charge in [0.25, 0.3) is 0 Å². The summed E-state index contributed by atoms with van der Waals surface area (Å²) in [4.78, 5) is 11.8. The Labute approximate surface area is 93.2 Å². The molecular formula is C11H17F3O2. The highest BCUT2D eigenvalue weighted by atomic mass is 19.4. The summed E-state index contributed by atoms with van der Waals surface area (Å²) < 4.78 is 42.5. The molecule has 0 amide bonds. The van der Waals surface area contributed by atoms with Crippen molar-refractivity contribution in [3.8, 4) is 0 Å². The lowest BCUT2D eigenvalue weighted by Crippen LogP contribution is -2.59. The van der Waals surface area contributed by atoms with E-state index >= 15 is 0 Å². The third-order valence-electron chi connectivity index (χ3n) is 3.17. The van der Waals surface area contributed by atoms with Crippen LogP contribution in [0.3, 0.4) is 0 Å². The molecule has 1 rings (SSSR count). The fraction of sp³-hybridized carbons (Fsp3) is 0.909. The first kappa shape index (κ1) is 13.5. The van der Waals surface area contributed by atoms with Gasteiger partial charge in [-0.2, -0.15) is 13.2 Å². The van der Waals surface area contributed by atoms with E-state index in [0.717, 1.165) is 7.11 Å². The van der Waals surface area contributed by atoms with Crippen molar-refractivity contribution in [1.82, 2.24) is 0 Å². The van der Waals surface area contributed by atoms with Crippen molar-refractivity contribution in [2.75, 3.05) is 7.11 Å². The fourth-order valence-electron chi connectivity index (χ4n) is 2.05. The second-order valence-electron chi connectivity index (χ2n) is 5.42. The lowest BCUT2D eigenvalue weighted by atomic mass is 9.64. The zero-order valence-corrected chi connectivity index (χ0v) is 9.94. The number of hydrogen-bond donors (Lipinski definition) is 0. The Balaban J connectivity index is 2.70. The van der Waals surface area contributed by atoms with E-state index in [1.807, 2.05) is 0 Å². The molecule has 1 aliphatic carbocycles. The van der Waals surface area contributed by atoms with Gasteiger partial charge in [-0.3, -0.25) is 4.79 Å². The predicted molar refractivity (Wildman–Crippen MR) is 53.0 cm³/mol. The second-order valence-corrected chi connectivity index (χ2v) is 5.42. The summed E-state index contributed by atoms with van der Waals surface area (Å²) >= 11 is 0. The SMILES string of the molecule is COC1(C(F)(F)F)CC(C(=O)C(C)(C)C)C1. The fourth-order valence-corrected chi connectivity index (χ4v) is 2.05. The quantitative estimate of drug-likeness (QED) is 0.739. The molecule has 0 atom stereocenters. The molecule has 0 radical (unpaired) electrons. The number of hydrogen-bond acceptors (Lipinski definition) is 2. The van der Waals surface area contributed by atoms with Crippen LogP contribution in [-0.4, -0.2) is 24.7 Å². The van der Waals surface area contributed by atoms with Crippen molar-refractivity contribution in [3.63, 3.8) is 0 Å². The minimum absolute atomic E-state index is 0.121. The molecule has 0 spiro atoms. The van der Waals surface area contributed by atoms with Crippen LogP contribution < -0.4 is 0 Å². The molecule has 0 N–H and O–H groups in total. The number of halogens is 3. The van der Waals surface area contributed by atoms with Gasteiger partial charge in [0.2, 0.25) is 0 Å². The topological polar surface area (TPSA) is 26.3 Å². The van der Waals surface area contributed by atoms with E-state index in [1.165, 1.54) is 0 Å². The molecule has 0 aromatic heterocycles. The van der Waals surface area contributed by atoms with Crippen LogP contribution in [0.1, 0.15) is 33.6 Å².